The number of hydrogen-bond acceptors (Lipinski definition) is 4. The smallest absolute Gasteiger partial charge is 0.104 e. The third kappa shape index (κ3) is 2.59. The average Bonchev–Trinajstić information content (AvgIpc) is 3.29. The maximum absolute atomic E-state index is 9.15. The first-order valence-corrected chi connectivity index (χ1v) is 9.11. The Hall–Kier alpha value is -3.46. The van der Waals surface area contributed by atoms with Crippen LogP contribution in [0.15, 0.2) is 42.9 Å². The molecule has 132 valence electrons. The summed E-state index contributed by atoms with van der Waals surface area (Å²) >= 11 is 0. The van der Waals surface area contributed by atoms with Crippen LogP contribution in [0.2, 0.25) is 0 Å². The van der Waals surface area contributed by atoms with Crippen LogP contribution in [0, 0.1) is 24.2 Å². The Morgan fingerprint density at radius 3 is 3.07 bits per heavy atom. The molecule has 0 aliphatic heterocycles. The number of aromatic nitrogens is 5. The Kier molecular flexibility index (Phi) is 3.54. The van der Waals surface area contributed by atoms with Gasteiger partial charge in [0, 0.05) is 18.0 Å². The van der Waals surface area contributed by atoms with Crippen molar-refractivity contribution >= 4 is 22.1 Å². The SMILES string of the molecule is Cc1nc2ccc(-c3cnn4ccnc(C5=CCC(C#N)CC5)c34)cc2[nH]1. The van der Waals surface area contributed by atoms with Gasteiger partial charge in [0.2, 0.25) is 0 Å². The number of aromatic amines is 1. The minimum Gasteiger partial charge on any atom is -0.342 e. The highest BCUT2D eigenvalue weighted by atomic mass is 15.2. The zero-order valence-electron chi connectivity index (χ0n) is 15.0. The molecular weight excluding hydrogens is 336 g/mol. The number of fused-ring (bicyclic) bond motifs is 2. The quantitative estimate of drug-likeness (QED) is 0.582. The largest absolute Gasteiger partial charge is 0.342 e. The molecule has 0 radical (unpaired) electrons. The van der Waals surface area contributed by atoms with Crippen molar-refractivity contribution in [2.75, 3.05) is 0 Å². The number of nitrogens with one attached hydrogen (secondary N) is 1. The fraction of sp³-hybridized carbons (Fsp3) is 0.238. The molecule has 1 atom stereocenters. The third-order valence-electron chi connectivity index (χ3n) is 5.24. The number of H-pyrrole nitrogens is 1. The zero-order valence-corrected chi connectivity index (χ0v) is 15.0. The monoisotopic (exact) mass is 354 g/mol. The molecule has 3 heterocycles. The Balaban J connectivity index is 1.67. The average molecular weight is 354 g/mol. The fourth-order valence-corrected chi connectivity index (χ4v) is 3.86. The summed E-state index contributed by atoms with van der Waals surface area (Å²) in [5, 5.41) is 13.7. The summed E-state index contributed by atoms with van der Waals surface area (Å²) < 4.78 is 1.89. The maximum atomic E-state index is 9.15. The van der Waals surface area contributed by atoms with Gasteiger partial charge in [0.1, 0.15) is 5.82 Å². The standard InChI is InChI=1S/C21H18N6/c1-13-25-18-7-6-16(10-19(18)26-13)17-12-24-27-9-8-23-20(21(17)27)15-4-2-14(11-22)3-5-15/h4,6-10,12,14H,2-3,5H2,1H3,(H,25,26). The molecule has 6 heteroatoms. The van der Waals surface area contributed by atoms with Gasteiger partial charge in [-0.1, -0.05) is 12.1 Å². The van der Waals surface area contributed by atoms with Crippen LogP contribution in [0.1, 0.15) is 30.8 Å². The van der Waals surface area contributed by atoms with E-state index >= 15 is 0 Å². The third-order valence-corrected chi connectivity index (χ3v) is 5.24. The second-order valence-electron chi connectivity index (χ2n) is 7.01. The van der Waals surface area contributed by atoms with E-state index in [0.29, 0.717) is 0 Å². The van der Waals surface area contributed by atoms with Crippen molar-refractivity contribution in [3.63, 3.8) is 0 Å². The van der Waals surface area contributed by atoms with Gasteiger partial charge in [0.15, 0.2) is 0 Å². The van der Waals surface area contributed by atoms with E-state index in [1.54, 1.807) is 6.20 Å². The van der Waals surface area contributed by atoms with Crippen molar-refractivity contribution in [2.24, 2.45) is 5.92 Å². The van der Waals surface area contributed by atoms with Crippen LogP contribution in [0.5, 0.6) is 0 Å². The van der Waals surface area contributed by atoms with Crippen LogP contribution in [0.3, 0.4) is 0 Å². The number of nitriles is 1. The van der Waals surface area contributed by atoms with Crippen molar-refractivity contribution in [1.82, 2.24) is 24.6 Å². The predicted octanol–water partition coefficient (Wildman–Crippen LogP) is 4.29. The van der Waals surface area contributed by atoms with Crippen molar-refractivity contribution in [2.45, 2.75) is 26.2 Å². The summed E-state index contributed by atoms with van der Waals surface area (Å²) in [4.78, 5) is 12.5. The highest BCUT2D eigenvalue weighted by Crippen LogP contribution is 2.35. The highest BCUT2D eigenvalue weighted by Gasteiger charge is 2.20. The Morgan fingerprint density at radius 2 is 2.26 bits per heavy atom. The first-order valence-electron chi connectivity index (χ1n) is 9.11. The molecular formula is C21H18N6. The Morgan fingerprint density at radius 1 is 1.33 bits per heavy atom. The van der Waals surface area contributed by atoms with Gasteiger partial charge in [-0.2, -0.15) is 10.4 Å². The van der Waals surface area contributed by atoms with Crippen molar-refractivity contribution in [3.05, 3.63) is 54.4 Å². The zero-order chi connectivity index (χ0) is 18.4. The van der Waals surface area contributed by atoms with E-state index in [-0.39, 0.29) is 5.92 Å². The Labute approximate surface area is 156 Å². The lowest BCUT2D eigenvalue weighted by Gasteiger charge is -2.17. The van der Waals surface area contributed by atoms with Gasteiger partial charge in [0.25, 0.3) is 0 Å². The molecule has 0 saturated heterocycles. The van der Waals surface area contributed by atoms with Crippen LogP contribution in [-0.2, 0) is 0 Å². The second-order valence-corrected chi connectivity index (χ2v) is 7.01. The minimum absolute atomic E-state index is 0.115. The number of imidazole rings is 1. The molecule has 0 saturated carbocycles. The van der Waals surface area contributed by atoms with Crippen LogP contribution in [0.4, 0.5) is 0 Å². The van der Waals surface area contributed by atoms with E-state index < -0.39 is 0 Å². The van der Waals surface area contributed by atoms with Crippen molar-refractivity contribution < 1.29 is 0 Å². The van der Waals surface area contributed by atoms with Gasteiger partial charge in [-0.3, -0.25) is 4.98 Å². The lowest BCUT2D eigenvalue weighted by atomic mass is 9.88. The van der Waals surface area contributed by atoms with Crippen molar-refractivity contribution in [3.8, 4) is 17.2 Å². The Bertz CT molecular complexity index is 1240. The number of hydrogen-bond donors (Lipinski definition) is 1. The first-order chi connectivity index (χ1) is 13.2. The molecule has 1 aliphatic rings. The molecule has 1 aromatic carbocycles. The van der Waals surface area contributed by atoms with Crippen LogP contribution in [0.25, 0.3) is 33.3 Å². The molecule has 0 amide bonds. The molecule has 1 unspecified atom stereocenters. The van der Waals surface area contributed by atoms with Crippen LogP contribution in [-0.4, -0.2) is 24.6 Å². The number of nitrogens with zero attached hydrogens (tertiary/aromatic N) is 5. The van der Waals surface area contributed by atoms with Gasteiger partial charge in [-0.15, -0.1) is 0 Å². The van der Waals surface area contributed by atoms with E-state index in [1.807, 2.05) is 29.9 Å². The van der Waals surface area contributed by atoms with Gasteiger partial charge in [-0.25, -0.2) is 9.50 Å². The maximum Gasteiger partial charge on any atom is 0.104 e. The molecule has 27 heavy (non-hydrogen) atoms. The highest BCUT2D eigenvalue weighted by molar-refractivity contribution is 5.91. The van der Waals surface area contributed by atoms with Gasteiger partial charge in [-0.05, 0) is 49.5 Å². The molecule has 0 fully saturated rings. The molecule has 4 aromatic rings. The van der Waals surface area contributed by atoms with E-state index in [2.05, 4.69) is 44.3 Å². The molecule has 0 spiro atoms. The molecule has 0 bridgehead atoms. The normalized spacial score (nSPS) is 17.2. The lowest BCUT2D eigenvalue weighted by molar-refractivity contribution is 0.603. The van der Waals surface area contributed by atoms with E-state index in [9.17, 15) is 0 Å². The number of allylic oxidation sites excluding steroid dienone is 2. The fourth-order valence-electron chi connectivity index (χ4n) is 3.86. The van der Waals surface area contributed by atoms with Crippen LogP contribution >= 0.6 is 0 Å². The summed E-state index contributed by atoms with van der Waals surface area (Å²) in [5.41, 5.74) is 7.29. The first kappa shape index (κ1) is 15.8. The lowest BCUT2D eigenvalue weighted by Crippen LogP contribution is -2.05. The van der Waals surface area contributed by atoms with E-state index in [0.717, 1.165) is 58.5 Å². The number of rotatable bonds is 2. The molecule has 1 N–H and O–H groups in total. The topological polar surface area (TPSA) is 82.7 Å². The molecule has 6 nitrogen and oxygen atoms in total. The van der Waals surface area contributed by atoms with E-state index in [4.69, 9.17) is 5.26 Å². The van der Waals surface area contributed by atoms with Crippen LogP contribution < -0.4 is 0 Å². The van der Waals surface area contributed by atoms with Gasteiger partial charge >= 0.3 is 0 Å². The summed E-state index contributed by atoms with van der Waals surface area (Å²) in [6.45, 7) is 1.96. The minimum atomic E-state index is 0.115. The van der Waals surface area contributed by atoms with Crippen molar-refractivity contribution in [1.29, 1.82) is 5.26 Å². The summed E-state index contributed by atoms with van der Waals surface area (Å²) in [6, 6.07) is 8.60. The molecule has 3 aromatic heterocycles. The summed E-state index contributed by atoms with van der Waals surface area (Å²) in [7, 11) is 0. The summed E-state index contributed by atoms with van der Waals surface area (Å²) in [6.07, 6.45) is 10.3. The predicted molar refractivity (Wildman–Crippen MR) is 104 cm³/mol. The number of aryl methyl sites for hydroxylation is 1. The second kappa shape index (κ2) is 6.06. The molecule has 1 aliphatic carbocycles. The summed E-state index contributed by atoms with van der Waals surface area (Å²) in [5.74, 6) is 1.02. The van der Waals surface area contributed by atoms with Gasteiger partial charge < -0.3 is 4.98 Å². The number of benzene rings is 1. The van der Waals surface area contributed by atoms with E-state index in [1.165, 1.54) is 5.57 Å². The van der Waals surface area contributed by atoms with Gasteiger partial charge in [0.05, 0.1) is 40.4 Å². The molecule has 5 rings (SSSR count).